The Morgan fingerprint density at radius 2 is 1.80 bits per heavy atom. The highest BCUT2D eigenvalue weighted by molar-refractivity contribution is 7.80. The molecule has 0 bridgehead atoms. The highest BCUT2D eigenvalue weighted by Gasteiger charge is 2.03. The number of aliphatic hydroxyl groups excluding tert-OH is 1. The van der Waals surface area contributed by atoms with Crippen molar-refractivity contribution in [2.24, 2.45) is 0 Å². The molecular formula is C7H8O2S. The molecule has 0 amide bonds. The van der Waals surface area contributed by atoms with E-state index < -0.39 is 6.29 Å². The van der Waals surface area contributed by atoms with Gasteiger partial charge in [-0.1, -0.05) is 18.2 Å². The van der Waals surface area contributed by atoms with Gasteiger partial charge in [-0.25, -0.2) is 0 Å². The first kappa shape index (κ1) is 7.60. The lowest BCUT2D eigenvalue weighted by Gasteiger charge is -2.04. The summed E-state index contributed by atoms with van der Waals surface area (Å²) in [5, 5.41) is 17.4. The van der Waals surface area contributed by atoms with Crippen LogP contribution in [0.3, 0.4) is 0 Å². The lowest BCUT2D eigenvalue weighted by Crippen LogP contribution is -1.94. The van der Waals surface area contributed by atoms with Gasteiger partial charge in [-0.2, -0.15) is 0 Å². The lowest BCUT2D eigenvalue weighted by molar-refractivity contribution is -0.0444. The van der Waals surface area contributed by atoms with E-state index in [9.17, 15) is 0 Å². The van der Waals surface area contributed by atoms with E-state index in [1.54, 1.807) is 24.3 Å². The van der Waals surface area contributed by atoms with Gasteiger partial charge >= 0.3 is 0 Å². The maximum atomic E-state index is 8.71. The van der Waals surface area contributed by atoms with Crippen LogP contribution in [0.4, 0.5) is 0 Å². The van der Waals surface area contributed by atoms with Crippen LogP contribution >= 0.6 is 12.6 Å². The minimum Gasteiger partial charge on any atom is -0.364 e. The van der Waals surface area contributed by atoms with E-state index in [2.05, 4.69) is 12.6 Å². The van der Waals surface area contributed by atoms with E-state index in [-0.39, 0.29) is 0 Å². The zero-order chi connectivity index (χ0) is 7.56. The molecule has 0 fully saturated rings. The fraction of sp³-hybridized carbons (Fsp3) is 0.143. The average Bonchev–Trinajstić information content (AvgIpc) is 1.88. The van der Waals surface area contributed by atoms with Crippen molar-refractivity contribution in [2.45, 2.75) is 11.2 Å². The van der Waals surface area contributed by atoms with Crippen LogP contribution in [0.25, 0.3) is 0 Å². The van der Waals surface area contributed by atoms with E-state index in [4.69, 9.17) is 10.2 Å². The van der Waals surface area contributed by atoms with Gasteiger partial charge in [-0.05, 0) is 6.07 Å². The van der Waals surface area contributed by atoms with Crippen LogP contribution in [0.1, 0.15) is 11.9 Å². The van der Waals surface area contributed by atoms with Crippen LogP contribution < -0.4 is 0 Å². The molecule has 1 aromatic rings. The second-order valence-corrected chi connectivity index (χ2v) is 2.41. The SMILES string of the molecule is OC(O)c1ccccc1S. The number of aliphatic hydroxyl groups is 2. The molecule has 2 N–H and O–H groups in total. The van der Waals surface area contributed by atoms with Crippen LogP contribution in [0.15, 0.2) is 29.2 Å². The van der Waals surface area contributed by atoms with Gasteiger partial charge in [0.1, 0.15) is 0 Å². The fourth-order valence-electron chi connectivity index (χ4n) is 0.706. The minimum atomic E-state index is -1.42. The third kappa shape index (κ3) is 1.50. The van der Waals surface area contributed by atoms with E-state index in [1.165, 1.54) is 0 Å². The summed E-state index contributed by atoms with van der Waals surface area (Å²) in [5.41, 5.74) is 0.436. The molecule has 0 radical (unpaired) electrons. The van der Waals surface area contributed by atoms with Crippen LogP contribution in [0.2, 0.25) is 0 Å². The van der Waals surface area contributed by atoms with Crippen LogP contribution in [0.5, 0.6) is 0 Å². The quantitative estimate of drug-likeness (QED) is 0.418. The smallest absolute Gasteiger partial charge is 0.179 e. The first-order chi connectivity index (χ1) is 4.72. The van der Waals surface area contributed by atoms with Crippen molar-refractivity contribution >= 4 is 12.6 Å². The Balaban J connectivity index is 3.03. The molecule has 0 saturated carbocycles. The van der Waals surface area contributed by atoms with Crippen molar-refractivity contribution < 1.29 is 10.2 Å². The van der Waals surface area contributed by atoms with Gasteiger partial charge in [0.25, 0.3) is 0 Å². The van der Waals surface area contributed by atoms with Crippen molar-refractivity contribution in [2.75, 3.05) is 0 Å². The molecule has 0 aromatic heterocycles. The largest absolute Gasteiger partial charge is 0.364 e. The maximum Gasteiger partial charge on any atom is 0.179 e. The Labute approximate surface area is 64.5 Å². The molecule has 0 heterocycles. The molecule has 1 rings (SSSR count). The number of hydrogen-bond donors (Lipinski definition) is 3. The third-order valence-corrected chi connectivity index (χ3v) is 1.62. The molecule has 0 atom stereocenters. The second kappa shape index (κ2) is 3.05. The minimum absolute atomic E-state index is 0.436. The second-order valence-electron chi connectivity index (χ2n) is 1.93. The highest BCUT2D eigenvalue weighted by atomic mass is 32.1. The molecule has 1 aromatic carbocycles. The molecule has 3 heteroatoms. The number of rotatable bonds is 1. The Hall–Kier alpha value is -0.510. The average molecular weight is 156 g/mol. The Kier molecular flexibility index (Phi) is 2.32. The molecular weight excluding hydrogens is 148 g/mol. The van der Waals surface area contributed by atoms with E-state index in [0.29, 0.717) is 10.5 Å². The van der Waals surface area contributed by atoms with Gasteiger partial charge in [0, 0.05) is 10.5 Å². The van der Waals surface area contributed by atoms with Crippen molar-refractivity contribution in [3.8, 4) is 0 Å². The predicted molar refractivity (Wildman–Crippen MR) is 40.9 cm³/mol. The first-order valence-electron chi connectivity index (χ1n) is 2.86. The molecule has 0 aliphatic rings. The summed E-state index contributed by atoms with van der Waals surface area (Å²) in [6, 6.07) is 6.84. The highest BCUT2D eigenvalue weighted by Crippen LogP contribution is 2.18. The zero-order valence-electron chi connectivity index (χ0n) is 5.23. The summed E-state index contributed by atoms with van der Waals surface area (Å²) >= 11 is 4.02. The molecule has 0 aliphatic carbocycles. The Morgan fingerprint density at radius 1 is 1.20 bits per heavy atom. The van der Waals surface area contributed by atoms with Gasteiger partial charge in [-0.15, -0.1) is 12.6 Å². The van der Waals surface area contributed by atoms with Crippen molar-refractivity contribution in [3.05, 3.63) is 29.8 Å². The van der Waals surface area contributed by atoms with Gasteiger partial charge in [0.2, 0.25) is 0 Å². The summed E-state index contributed by atoms with van der Waals surface area (Å²) in [6.45, 7) is 0. The van der Waals surface area contributed by atoms with Crippen molar-refractivity contribution in [1.29, 1.82) is 0 Å². The summed E-state index contributed by atoms with van der Waals surface area (Å²) in [6.07, 6.45) is -1.42. The van der Waals surface area contributed by atoms with Gasteiger partial charge in [0.05, 0.1) is 0 Å². The van der Waals surface area contributed by atoms with E-state index >= 15 is 0 Å². The van der Waals surface area contributed by atoms with Crippen LogP contribution in [-0.2, 0) is 0 Å². The van der Waals surface area contributed by atoms with Crippen molar-refractivity contribution in [1.82, 2.24) is 0 Å². The molecule has 0 spiro atoms. The molecule has 10 heavy (non-hydrogen) atoms. The summed E-state index contributed by atoms with van der Waals surface area (Å²) in [4.78, 5) is 0.595. The Bertz CT molecular complexity index is 223. The lowest BCUT2D eigenvalue weighted by atomic mass is 10.2. The first-order valence-corrected chi connectivity index (χ1v) is 3.30. The number of hydrogen-bond acceptors (Lipinski definition) is 3. The fourth-order valence-corrected chi connectivity index (χ4v) is 0.982. The molecule has 54 valence electrons. The Morgan fingerprint density at radius 3 is 2.20 bits per heavy atom. The zero-order valence-corrected chi connectivity index (χ0v) is 6.12. The normalized spacial score (nSPS) is 10.4. The van der Waals surface area contributed by atoms with E-state index in [1.807, 2.05) is 0 Å². The summed E-state index contributed by atoms with van der Waals surface area (Å²) < 4.78 is 0. The topological polar surface area (TPSA) is 40.5 Å². The number of benzene rings is 1. The number of thiol groups is 1. The van der Waals surface area contributed by atoms with Gasteiger partial charge in [0.15, 0.2) is 6.29 Å². The summed E-state index contributed by atoms with van der Waals surface area (Å²) in [7, 11) is 0. The monoisotopic (exact) mass is 156 g/mol. The van der Waals surface area contributed by atoms with Crippen molar-refractivity contribution in [3.63, 3.8) is 0 Å². The van der Waals surface area contributed by atoms with Gasteiger partial charge in [-0.3, -0.25) is 0 Å². The molecule has 0 saturated heterocycles. The predicted octanol–water partition coefficient (Wildman–Crippen LogP) is 0.958. The third-order valence-electron chi connectivity index (χ3n) is 1.21. The van der Waals surface area contributed by atoms with Crippen LogP contribution in [0, 0.1) is 0 Å². The summed E-state index contributed by atoms with van der Waals surface area (Å²) in [5.74, 6) is 0. The standard InChI is InChI=1S/C7H8O2S/c8-7(9)5-3-1-2-4-6(5)10/h1-4,7-10H. The van der Waals surface area contributed by atoms with Gasteiger partial charge < -0.3 is 10.2 Å². The van der Waals surface area contributed by atoms with Crippen LogP contribution in [-0.4, -0.2) is 10.2 Å². The molecule has 0 unspecified atom stereocenters. The maximum absolute atomic E-state index is 8.71. The van der Waals surface area contributed by atoms with E-state index in [0.717, 1.165) is 0 Å². The molecule has 2 nitrogen and oxygen atoms in total. The molecule has 0 aliphatic heterocycles.